The minimum atomic E-state index is 0.0115. The first kappa shape index (κ1) is 24.7. The zero-order valence-electron chi connectivity index (χ0n) is 20.3. The van der Waals surface area contributed by atoms with Gasteiger partial charge in [0.15, 0.2) is 0 Å². The third kappa shape index (κ3) is 5.59. The summed E-state index contributed by atoms with van der Waals surface area (Å²) >= 11 is 0. The molecule has 3 N–H and O–H groups in total. The van der Waals surface area contributed by atoms with Crippen molar-refractivity contribution >= 4 is 11.0 Å². The number of nitrogens with zero attached hydrogens (tertiary/aromatic N) is 1. The minimum Gasteiger partial charge on any atom is -0.341 e. The molecule has 0 spiro atoms. The summed E-state index contributed by atoms with van der Waals surface area (Å²) in [6.45, 7) is 25.6. The predicted octanol–water partition coefficient (Wildman–Crippen LogP) is 7.35. The molecular formula is C25H45N3. The van der Waals surface area contributed by atoms with Gasteiger partial charge in [0.25, 0.3) is 0 Å². The molecule has 0 aliphatic carbocycles. The number of H-pyrrole nitrogens is 1. The van der Waals surface area contributed by atoms with Crippen LogP contribution in [0.4, 0.5) is 0 Å². The molecule has 0 aliphatic rings. The molecule has 3 nitrogen and oxygen atoms in total. The molecule has 0 fully saturated rings. The average Bonchev–Trinajstić information content (AvgIpc) is 2.97. The van der Waals surface area contributed by atoms with Crippen molar-refractivity contribution in [3.8, 4) is 0 Å². The second kappa shape index (κ2) is 8.98. The van der Waals surface area contributed by atoms with Gasteiger partial charge < -0.3 is 10.7 Å². The Morgan fingerprint density at radius 2 is 1.46 bits per heavy atom. The fraction of sp³-hybridized carbons (Fsp3) is 0.720. The number of imidazole rings is 1. The molecular weight excluding hydrogens is 342 g/mol. The SMILES string of the molecule is CC(C)C(C)(C)C(C)(C)C(C)(C)C.CC(C)C[C@@H](N)c1nc2ccccc2[nH]1. The average molecular weight is 388 g/mol. The van der Waals surface area contributed by atoms with E-state index in [-0.39, 0.29) is 6.04 Å². The van der Waals surface area contributed by atoms with E-state index in [0.29, 0.717) is 22.2 Å². The second-order valence-corrected chi connectivity index (χ2v) is 11.1. The van der Waals surface area contributed by atoms with Crippen LogP contribution in [0.3, 0.4) is 0 Å². The van der Waals surface area contributed by atoms with E-state index < -0.39 is 0 Å². The number of aromatic nitrogens is 2. The molecule has 1 aromatic carbocycles. The topological polar surface area (TPSA) is 54.7 Å². The first-order valence-electron chi connectivity index (χ1n) is 10.8. The summed E-state index contributed by atoms with van der Waals surface area (Å²) in [4.78, 5) is 7.75. The van der Waals surface area contributed by atoms with Crippen LogP contribution in [-0.2, 0) is 0 Å². The molecule has 3 heteroatoms. The summed E-state index contributed by atoms with van der Waals surface area (Å²) in [5.74, 6) is 2.21. The largest absolute Gasteiger partial charge is 0.341 e. The van der Waals surface area contributed by atoms with E-state index in [9.17, 15) is 0 Å². The smallest absolute Gasteiger partial charge is 0.124 e. The van der Waals surface area contributed by atoms with Gasteiger partial charge in [-0.05, 0) is 46.6 Å². The number of hydrogen-bond acceptors (Lipinski definition) is 2. The number of para-hydroxylation sites is 2. The van der Waals surface area contributed by atoms with Gasteiger partial charge in [0.2, 0.25) is 0 Å². The Labute approximate surface area is 173 Å². The molecule has 0 saturated heterocycles. The lowest BCUT2D eigenvalue weighted by Gasteiger charge is -2.53. The summed E-state index contributed by atoms with van der Waals surface area (Å²) in [6, 6.07) is 8.02. The maximum atomic E-state index is 6.07. The molecule has 0 aliphatic heterocycles. The van der Waals surface area contributed by atoms with Crippen LogP contribution < -0.4 is 5.73 Å². The molecule has 0 amide bonds. The van der Waals surface area contributed by atoms with Gasteiger partial charge >= 0.3 is 0 Å². The Morgan fingerprint density at radius 1 is 0.929 bits per heavy atom. The summed E-state index contributed by atoms with van der Waals surface area (Å²) in [7, 11) is 0. The van der Waals surface area contributed by atoms with Crippen LogP contribution in [-0.4, -0.2) is 9.97 Å². The van der Waals surface area contributed by atoms with Crippen molar-refractivity contribution in [2.75, 3.05) is 0 Å². The maximum Gasteiger partial charge on any atom is 0.124 e. The Bertz CT molecular complexity index is 697. The van der Waals surface area contributed by atoms with Gasteiger partial charge in [-0.1, -0.05) is 88.3 Å². The highest BCUT2D eigenvalue weighted by Crippen LogP contribution is 2.54. The first-order chi connectivity index (χ1) is 12.6. The molecule has 1 atom stereocenters. The molecule has 28 heavy (non-hydrogen) atoms. The van der Waals surface area contributed by atoms with E-state index in [4.69, 9.17) is 5.73 Å². The number of nitrogens with two attached hydrogens (primary N) is 1. The van der Waals surface area contributed by atoms with Crippen LogP contribution in [0.15, 0.2) is 24.3 Å². The second-order valence-electron chi connectivity index (χ2n) is 11.1. The van der Waals surface area contributed by atoms with Crippen molar-refractivity contribution in [3.05, 3.63) is 30.1 Å². The first-order valence-corrected chi connectivity index (χ1v) is 10.8. The molecule has 160 valence electrons. The van der Waals surface area contributed by atoms with Gasteiger partial charge in [-0.2, -0.15) is 0 Å². The van der Waals surface area contributed by atoms with Crippen LogP contribution in [0.2, 0.25) is 0 Å². The Balaban J connectivity index is 0.000000284. The van der Waals surface area contributed by atoms with Crippen molar-refractivity contribution in [2.24, 2.45) is 33.8 Å². The van der Waals surface area contributed by atoms with Gasteiger partial charge in [0.05, 0.1) is 17.1 Å². The summed E-state index contributed by atoms with van der Waals surface area (Å²) in [5, 5.41) is 0. The third-order valence-corrected chi connectivity index (χ3v) is 7.41. The molecule has 0 unspecified atom stereocenters. The van der Waals surface area contributed by atoms with Gasteiger partial charge in [0, 0.05) is 0 Å². The van der Waals surface area contributed by atoms with Gasteiger partial charge in [-0.15, -0.1) is 0 Å². The Hall–Kier alpha value is -1.35. The fourth-order valence-corrected chi connectivity index (χ4v) is 3.46. The summed E-state index contributed by atoms with van der Waals surface area (Å²) in [6.07, 6.45) is 0.958. The highest BCUT2D eigenvalue weighted by atomic mass is 15.0. The standard InChI is InChI=1S/C13H28.C12H17N3/c1-10(2)12(6,7)13(8,9)11(3,4)5;1-8(2)7-9(13)12-14-10-5-3-4-6-11(10)15-12/h10H,1-9H3;3-6,8-9H,7,13H2,1-2H3,(H,14,15)/t;9-/m.1/s1. The van der Waals surface area contributed by atoms with Crippen molar-refractivity contribution in [1.29, 1.82) is 0 Å². The minimum absolute atomic E-state index is 0.0115. The number of benzene rings is 1. The van der Waals surface area contributed by atoms with Crippen LogP contribution in [0, 0.1) is 28.1 Å². The van der Waals surface area contributed by atoms with E-state index in [0.717, 1.165) is 29.2 Å². The molecule has 1 heterocycles. The summed E-state index contributed by atoms with van der Waals surface area (Å²) in [5.41, 5.74) is 9.22. The molecule has 2 rings (SSSR count). The number of fused-ring (bicyclic) bond motifs is 1. The molecule has 0 bridgehead atoms. The Morgan fingerprint density at radius 3 is 1.86 bits per heavy atom. The zero-order chi connectivity index (χ0) is 21.9. The zero-order valence-corrected chi connectivity index (χ0v) is 20.3. The lowest BCUT2D eigenvalue weighted by molar-refractivity contribution is -0.0388. The lowest BCUT2D eigenvalue weighted by atomic mass is 9.52. The summed E-state index contributed by atoms with van der Waals surface area (Å²) < 4.78 is 0. The molecule has 0 saturated carbocycles. The number of hydrogen-bond donors (Lipinski definition) is 2. The quantitative estimate of drug-likeness (QED) is 0.563. The van der Waals surface area contributed by atoms with Gasteiger partial charge in [-0.3, -0.25) is 0 Å². The van der Waals surface area contributed by atoms with Gasteiger partial charge in [-0.25, -0.2) is 4.98 Å². The van der Waals surface area contributed by atoms with E-state index in [1.54, 1.807) is 0 Å². The molecule has 2 aromatic rings. The number of rotatable bonds is 5. The van der Waals surface area contributed by atoms with Crippen molar-refractivity contribution < 1.29 is 0 Å². The van der Waals surface area contributed by atoms with Crippen LogP contribution in [0.25, 0.3) is 11.0 Å². The predicted molar refractivity (Wildman–Crippen MR) is 124 cm³/mol. The monoisotopic (exact) mass is 387 g/mol. The normalized spacial score (nSPS) is 14.4. The molecule has 1 aromatic heterocycles. The van der Waals surface area contributed by atoms with E-state index in [1.165, 1.54) is 0 Å². The van der Waals surface area contributed by atoms with Gasteiger partial charge in [0.1, 0.15) is 5.82 Å². The van der Waals surface area contributed by atoms with E-state index >= 15 is 0 Å². The van der Waals surface area contributed by atoms with E-state index in [2.05, 4.69) is 86.1 Å². The van der Waals surface area contributed by atoms with Crippen LogP contribution >= 0.6 is 0 Å². The van der Waals surface area contributed by atoms with Crippen LogP contribution in [0.1, 0.15) is 94.4 Å². The third-order valence-electron chi connectivity index (χ3n) is 7.41. The van der Waals surface area contributed by atoms with Crippen molar-refractivity contribution in [3.63, 3.8) is 0 Å². The van der Waals surface area contributed by atoms with Crippen LogP contribution in [0.5, 0.6) is 0 Å². The van der Waals surface area contributed by atoms with Crippen molar-refractivity contribution in [2.45, 2.75) is 88.6 Å². The van der Waals surface area contributed by atoms with Crippen molar-refractivity contribution in [1.82, 2.24) is 9.97 Å². The lowest BCUT2D eigenvalue weighted by Crippen LogP contribution is -2.45. The highest BCUT2D eigenvalue weighted by molar-refractivity contribution is 5.74. The Kier molecular flexibility index (Phi) is 7.92. The number of nitrogens with one attached hydrogen (secondary N) is 1. The van der Waals surface area contributed by atoms with E-state index in [1.807, 2.05) is 24.3 Å². The molecule has 0 radical (unpaired) electrons. The number of aromatic amines is 1. The highest BCUT2D eigenvalue weighted by Gasteiger charge is 2.46. The maximum absolute atomic E-state index is 6.07. The fourth-order valence-electron chi connectivity index (χ4n) is 3.46.